The molecule has 0 aliphatic heterocycles. The van der Waals surface area contributed by atoms with Crippen LogP contribution in [0.1, 0.15) is 57.9 Å². The minimum absolute atomic E-state index is 0.750. The lowest BCUT2D eigenvalue weighted by Crippen LogP contribution is -2.25. The molecule has 0 saturated carbocycles. The topological polar surface area (TPSA) is 12.0 Å². The van der Waals surface area contributed by atoms with Gasteiger partial charge in [-0.2, -0.15) is 0 Å². The second-order valence-corrected chi connectivity index (χ2v) is 6.19. The lowest BCUT2D eigenvalue weighted by molar-refractivity contribution is 0.422. The second-order valence-electron chi connectivity index (χ2n) is 5.75. The first-order valence-electron chi connectivity index (χ1n) is 8.21. The Morgan fingerprint density at radius 2 is 1.75 bits per heavy atom. The standard InChI is InChI=1S/C18H30ClN/c1-3-5-6-7-8-17(15-20-13-4-2)14-16-9-11-18(19)12-10-16/h9-12,17,20H,3-8,13-15H2,1-2H3. The molecule has 20 heavy (non-hydrogen) atoms. The number of nitrogens with one attached hydrogen (secondary N) is 1. The largest absolute Gasteiger partial charge is 0.316 e. The van der Waals surface area contributed by atoms with Gasteiger partial charge in [0, 0.05) is 5.02 Å². The van der Waals surface area contributed by atoms with Gasteiger partial charge in [0.25, 0.3) is 0 Å². The lowest BCUT2D eigenvalue weighted by Gasteiger charge is -2.18. The Hall–Kier alpha value is -0.530. The zero-order valence-electron chi connectivity index (χ0n) is 13.1. The highest BCUT2D eigenvalue weighted by atomic mass is 35.5. The molecule has 0 fully saturated rings. The molecular weight excluding hydrogens is 266 g/mol. The Balaban J connectivity index is 2.41. The number of hydrogen-bond donors (Lipinski definition) is 1. The van der Waals surface area contributed by atoms with E-state index >= 15 is 0 Å². The molecule has 1 unspecified atom stereocenters. The summed E-state index contributed by atoms with van der Waals surface area (Å²) in [5.74, 6) is 0.750. The van der Waals surface area contributed by atoms with E-state index < -0.39 is 0 Å². The first-order chi connectivity index (χ1) is 9.76. The summed E-state index contributed by atoms with van der Waals surface area (Å²) in [7, 11) is 0. The van der Waals surface area contributed by atoms with Crippen molar-refractivity contribution < 1.29 is 0 Å². The van der Waals surface area contributed by atoms with Gasteiger partial charge < -0.3 is 5.32 Å². The van der Waals surface area contributed by atoms with Gasteiger partial charge in [-0.3, -0.25) is 0 Å². The molecule has 0 aromatic heterocycles. The summed E-state index contributed by atoms with van der Waals surface area (Å²) in [6.45, 7) is 6.77. The van der Waals surface area contributed by atoms with E-state index in [1.807, 2.05) is 12.1 Å². The van der Waals surface area contributed by atoms with Crippen molar-refractivity contribution in [2.24, 2.45) is 5.92 Å². The van der Waals surface area contributed by atoms with Crippen molar-refractivity contribution in [3.63, 3.8) is 0 Å². The molecule has 2 heteroatoms. The van der Waals surface area contributed by atoms with Crippen LogP contribution in [0.2, 0.25) is 5.02 Å². The van der Waals surface area contributed by atoms with Gasteiger partial charge in [-0.25, -0.2) is 0 Å². The molecule has 1 atom stereocenters. The van der Waals surface area contributed by atoms with E-state index in [2.05, 4.69) is 31.3 Å². The zero-order chi connectivity index (χ0) is 14.6. The Kier molecular flexibility index (Phi) is 9.78. The van der Waals surface area contributed by atoms with E-state index in [1.165, 1.54) is 50.5 Å². The number of halogens is 1. The van der Waals surface area contributed by atoms with Crippen molar-refractivity contribution in [3.05, 3.63) is 34.9 Å². The molecule has 0 amide bonds. The fraction of sp³-hybridized carbons (Fsp3) is 0.667. The van der Waals surface area contributed by atoms with E-state index in [4.69, 9.17) is 11.6 Å². The van der Waals surface area contributed by atoms with Gasteiger partial charge in [0.2, 0.25) is 0 Å². The third-order valence-corrected chi connectivity index (χ3v) is 4.02. The van der Waals surface area contributed by atoms with Crippen LogP contribution in [0.25, 0.3) is 0 Å². The highest BCUT2D eigenvalue weighted by Crippen LogP contribution is 2.18. The summed E-state index contributed by atoms with van der Waals surface area (Å²) < 4.78 is 0. The molecule has 0 aliphatic rings. The molecule has 1 N–H and O–H groups in total. The lowest BCUT2D eigenvalue weighted by atomic mass is 9.93. The molecule has 1 aromatic carbocycles. The summed E-state index contributed by atoms with van der Waals surface area (Å²) in [5, 5.41) is 4.41. The molecule has 0 heterocycles. The third kappa shape index (κ3) is 7.91. The van der Waals surface area contributed by atoms with Crippen LogP contribution in [0.3, 0.4) is 0 Å². The zero-order valence-corrected chi connectivity index (χ0v) is 13.9. The maximum absolute atomic E-state index is 5.96. The molecular formula is C18H30ClN. The Labute approximate surface area is 130 Å². The van der Waals surface area contributed by atoms with Crippen molar-refractivity contribution in [2.75, 3.05) is 13.1 Å². The fourth-order valence-corrected chi connectivity index (χ4v) is 2.70. The van der Waals surface area contributed by atoms with Crippen LogP contribution < -0.4 is 5.32 Å². The van der Waals surface area contributed by atoms with Gasteiger partial charge in [0.1, 0.15) is 0 Å². The average molecular weight is 296 g/mol. The number of rotatable bonds is 11. The Bertz CT molecular complexity index is 334. The number of unbranched alkanes of at least 4 members (excludes halogenated alkanes) is 3. The highest BCUT2D eigenvalue weighted by Gasteiger charge is 2.09. The van der Waals surface area contributed by atoms with E-state index in [9.17, 15) is 0 Å². The molecule has 1 rings (SSSR count). The molecule has 0 spiro atoms. The number of hydrogen-bond acceptors (Lipinski definition) is 1. The van der Waals surface area contributed by atoms with Crippen LogP contribution in [-0.4, -0.2) is 13.1 Å². The van der Waals surface area contributed by atoms with E-state index in [0.29, 0.717) is 0 Å². The first-order valence-corrected chi connectivity index (χ1v) is 8.59. The van der Waals surface area contributed by atoms with Crippen molar-refractivity contribution in [2.45, 2.75) is 58.8 Å². The number of benzene rings is 1. The second kappa shape index (κ2) is 11.2. The van der Waals surface area contributed by atoms with Gasteiger partial charge in [-0.1, -0.05) is 63.3 Å². The summed E-state index contributed by atoms with van der Waals surface area (Å²) in [4.78, 5) is 0. The van der Waals surface area contributed by atoms with Gasteiger partial charge in [0.05, 0.1) is 0 Å². The van der Waals surface area contributed by atoms with Gasteiger partial charge in [-0.05, 0) is 56.0 Å². The van der Waals surface area contributed by atoms with Crippen molar-refractivity contribution in [1.82, 2.24) is 5.32 Å². The van der Waals surface area contributed by atoms with Crippen LogP contribution in [-0.2, 0) is 6.42 Å². The van der Waals surface area contributed by atoms with Gasteiger partial charge in [-0.15, -0.1) is 0 Å². The predicted molar refractivity (Wildman–Crippen MR) is 90.6 cm³/mol. The van der Waals surface area contributed by atoms with E-state index in [0.717, 1.165) is 24.0 Å². The molecule has 0 aliphatic carbocycles. The maximum Gasteiger partial charge on any atom is 0.0406 e. The minimum atomic E-state index is 0.750. The summed E-state index contributed by atoms with van der Waals surface area (Å²) in [6.07, 6.45) is 9.14. The third-order valence-electron chi connectivity index (χ3n) is 3.76. The van der Waals surface area contributed by atoms with E-state index in [1.54, 1.807) is 0 Å². The quantitative estimate of drug-likeness (QED) is 0.534. The van der Waals surface area contributed by atoms with Gasteiger partial charge in [0.15, 0.2) is 0 Å². The average Bonchev–Trinajstić information content (AvgIpc) is 2.46. The maximum atomic E-state index is 5.96. The van der Waals surface area contributed by atoms with Crippen LogP contribution in [0.15, 0.2) is 24.3 Å². The van der Waals surface area contributed by atoms with Gasteiger partial charge >= 0.3 is 0 Å². The SMILES string of the molecule is CCCCCCC(CNCCC)Cc1ccc(Cl)cc1. The summed E-state index contributed by atoms with van der Waals surface area (Å²) in [5.41, 5.74) is 1.41. The highest BCUT2D eigenvalue weighted by molar-refractivity contribution is 6.30. The normalized spacial score (nSPS) is 12.6. The van der Waals surface area contributed by atoms with Crippen molar-refractivity contribution in [3.8, 4) is 0 Å². The van der Waals surface area contributed by atoms with Crippen molar-refractivity contribution in [1.29, 1.82) is 0 Å². The van der Waals surface area contributed by atoms with Crippen molar-refractivity contribution >= 4 is 11.6 Å². The molecule has 1 nitrogen and oxygen atoms in total. The molecule has 0 radical (unpaired) electrons. The monoisotopic (exact) mass is 295 g/mol. The Morgan fingerprint density at radius 1 is 1.00 bits per heavy atom. The fourth-order valence-electron chi connectivity index (χ4n) is 2.57. The summed E-state index contributed by atoms with van der Waals surface area (Å²) >= 11 is 5.96. The van der Waals surface area contributed by atoms with Crippen LogP contribution in [0.4, 0.5) is 0 Å². The summed E-state index contributed by atoms with van der Waals surface area (Å²) in [6, 6.07) is 8.34. The molecule has 114 valence electrons. The van der Waals surface area contributed by atoms with Crippen LogP contribution >= 0.6 is 11.6 Å². The van der Waals surface area contributed by atoms with E-state index in [-0.39, 0.29) is 0 Å². The predicted octanol–water partition coefficient (Wildman–Crippen LogP) is 5.47. The Morgan fingerprint density at radius 3 is 2.40 bits per heavy atom. The first kappa shape index (κ1) is 17.5. The molecule has 0 saturated heterocycles. The molecule has 0 bridgehead atoms. The minimum Gasteiger partial charge on any atom is -0.316 e. The molecule has 1 aromatic rings. The van der Waals surface area contributed by atoms with Crippen LogP contribution in [0.5, 0.6) is 0 Å². The van der Waals surface area contributed by atoms with Crippen LogP contribution in [0, 0.1) is 5.92 Å². The smallest absolute Gasteiger partial charge is 0.0406 e.